The number of nitrogens with zero attached hydrogens (tertiary/aromatic N) is 1. The summed E-state index contributed by atoms with van der Waals surface area (Å²) >= 11 is 0. The number of hydrogen-bond acceptors (Lipinski definition) is 1. The first kappa shape index (κ1) is 14.1. The molecule has 0 radical (unpaired) electrons. The zero-order chi connectivity index (χ0) is 13.9. The molecule has 1 aromatic carbocycles. The highest BCUT2D eigenvalue weighted by Gasteiger charge is 2.14. The monoisotopic (exact) mass is 258 g/mol. The Kier molecular flexibility index (Phi) is 4.31. The second-order valence-corrected chi connectivity index (χ2v) is 6.40. The van der Waals surface area contributed by atoms with Crippen LogP contribution in [0, 0.1) is 12.3 Å². The second kappa shape index (κ2) is 5.79. The smallest absolute Gasteiger partial charge is 0.0482 e. The van der Waals surface area contributed by atoms with Crippen molar-refractivity contribution in [1.82, 2.24) is 4.57 Å². The van der Waals surface area contributed by atoms with Crippen LogP contribution in [0.15, 0.2) is 30.5 Å². The molecule has 0 bridgehead atoms. The largest absolute Gasteiger partial charge is 0.347 e. The molecule has 0 atom stereocenters. The average Bonchev–Trinajstić information content (AvgIpc) is 2.77. The van der Waals surface area contributed by atoms with Gasteiger partial charge in [0.15, 0.2) is 0 Å². The molecule has 0 unspecified atom stereocenters. The summed E-state index contributed by atoms with van der Waals surface area (Å²) in [5, 5.41) is 1.34. The first-order chi connectivity index (χ1) is 9.02. The minimum Gasteiger partial charge on any atom is -0.347 e. The highest BCUT2D eigenvalue weighted by atomic mass is 14.9. The number of aromatic nitrogens is 1. The van der Waals surface area contributed by atoms with Crippen LogP contribution in [0.4, 0.5) is 0 Å². The summed E-state index contributed by atoms with van der Waals surface area (Å²) in [7, 11) is 0. The highest BCUT2D eigenvalue weighted by molar-refractivity contribution is 5.80. The van der Waals surface area contributed by atoms with E-state index in [2.05, 4.69) is 55.8 Å². The topological polar surface area (TPSA) is 30.9 Å². The third kappa shape index (κ3) is 3.60. The van der Waals surface area contributed by atoms with Gasteiger partial charge in [0.1, 0.15) is 0 Å². The number of unbranched alkanes of at least 4 members (excludes halogenated alkanes) is 1. The maximum Gasteiger partial charge on any atom is 0.0482 e. The number of fused-ring (bicyclic) bond motifs is 1. The molecular formula is C17H26N2. The van der Waals surface area contributed by atoms with Crippen molar-refractivity contribution in [2.24, 2.45) is 11.1 Å². The molecule has 2 aromatic rings. The number of benzene rings is 1. The number of aryl methyl sites for hydroxylation is 2. The predicted octanol–water partition coefficient (Wildman–Crippen LogP) is 4.10. The fourth-order valence-corrected chi connectivity index (χ4v) is 2.48. The van der Waals surface area contributed by atoms with Gasteiger partial charge < -0.3 is 10.3 Å². The fraction of sp³-hybridized carbons (Fsp3) is 0.529. The summed E-state index contributed by atoms with van der Waals surface area (Å²) < 4.78 is 2.37. The van der Waals surface area contributed by atoms with E-state index in [0.29, 0.717) is 0 Å². The molecule has 104 valence electrons. The van der Waals surface area contributed by atoms with E-state index in [0.717, 1.165) is 13.1 Å². The van der Waals surface area contributed by atoms with Gasteiger partial charge in [-0.05, 0) is 54.8 Å². The third-order valence-corrected chi connectivity index (χ3v) is 3.98. The van der Waals surface area contributed by atoms with E-state index in [4.69, 9.17) is 5.73 Å². The molecule has 19 heavy (non-hydrogen) atoms. The van der Waals surface area contributed by atoms with Gasteiger partial charge in [-0.1, -0.05) is 32.4 Å². The zero-order valence-electron chi connectivity index (χ0n) is 12.4. The zero-order valence-corrected chi connectivity index (χ0v) is 12.4. The lowest BCUT2D eigenvalue weighted by Crippen LogP contribution is -2.23. The van der Waals surface area contributed by atoms with E-state index in [1.54, 1.807) is 0 Å². The van der Waals surface area contributed by atoms with Crippen LogP contribution >= 0.6 is 0 Å². The van der Waals surface area contributed by atoms with E-state index < -0.39 is 0 Å². The second-order valence-electron chi connectivity index (χ2n) is 6.40. The van der Waals surface area contributed by atoms with Crippen molar-refractivity contribution in [3.05, 3.63) is 36.0 Å². The Hall–Kier alpha value is -1.28. The predicted molar refractivity (Wildman–Crippen MR) is 83.4 cm³/mol. The summed E-state index contributed by atoms with van der Waals surface area (Å²) in [6.45, 7) is 8.54. The standard InChI is InChI=1S/C17H26N2/c1-14-6-7-15-8-11-19(16(15)12-14)10-5-4-9-17(2,3)13-18/h6-8,11-12H,4-5,9-10,13,18H2,1-3H3. The van der Waals surface area contributed by atoms with E-state index in [9.17, 15) is 0 Å². The van der Waals surface area contributed by atoms with Crippen molar-refractivity contribution in [1.29, 1.82) is 0 Å². The maximum absolute atomic E-state index is 5.77. The Morgan fingerprint density at radius 2 is 1.95 bits per heavy atom. The van der Waals surface area contributed by atoms with Gasteiger partial charge in [0, 0.05) is 18.3 Å². The fourth-order valence-electron chi connectivity index (χ4n) is 2.48. The van der Waals surface area contributed by atoms with Crippen LogP contribution < -0.4 is 5.73 Å². The molecule has 0 amide bonds. The van der Waals surface area contributed by atoms with Gasteiger partial charge in [-0.2, -0.15) is 0 Å². The summed E-state index contributed by atoms with van der Waals surface area (Å²) in [6, 6.07) is 8.87. The molecule has 0 aliphatic heterocycles. The van der Waals surface area contributed by atoms with Crippen LogP contribution in [0.2, 0.25) is 0 Å². The summed E-state index contributed by atoms with van der Waals surface area (Å²) in [5.41, 5.74) is 8.75. The Morgan fingerprint density at radius 3 is 2.68 bits per heavy atom. The number of nitrogens with two attached hydrogens (primary N) is 1. The van der Waals surface area contributed by atoms with Gasteiger partial charge in [0.2, 0.25) is 0 Å². The lowest BCUT2D eigenvalue weighted by Gasteiger charge is -2.21. The van der Waals surface area contributed by atoms with Crippen molar-refractivity contribution >= 4 is 10.9 Å². The molecule has 0 aliphatic carbocycles. The molecule has 2 rings (SSSR count). The van der Waals surface area contributed by atoms with E-state index in [-0.39, 0.29) is 5.41 Å². The maximum atomic E-state index is 5.77. The third-order valence-electron chi connectivity index (χ3n) is 3.98. The highest BCUT2D eigenvalue weighted by Crippen LogP contribution is 2.22. The minimum atomic E-state index is 0.287. The van der Waals surface area contributed by atoms with Crippen molar-refractivity contribution in [2.45, 2.75) is 46.6 Å². The van der Waals surface area contributed by atoms with Crippen molar-refractivity contribution in [2.75, 3.05) is 6.54 Å². The van der Waals surface area contributed by atoms with Gasteiger partial charge in [0.05, 0.1) is 0 Å². The normalized spacial score (nSPS) is 12.2. The van der Waals surface area contributed by atoms with E-state index in [1.165, 1.54) is 35.7 Å². The molecule has 0 saturated heterocycles. The Balaban J connectivity index is 1.93. The van der Waals surface area contributed by atoms with Gasteiger partial charge >= 0.3 is 0 Å². The Labute approximate surface area is 116 Å². The number of rotatable bonds is 6. The SMILES string of the molecule is Cc1ccc2ccn(CCCCC(C)(C)CN)c2c1. The van der Waals surface area contributed by atoms with Gasteiger partial charge in [-0.3, -0.25) is 0 Å². The van der Waals surface area contributed by atoms with Crippen molar-refractivity contribution < 1.29 is 0 Å². The minimum absolute atomic E-state index is 0.287. The number of hydrogen-bond donors (Lipinski definition) is 1. The lowest BCUT2D eigenvalue weighted by atomic mass is 9.87. The van der Waals surface area contributed by atoms with Crippen LogP contribution in [-0.2, 0) is 6.54 Å². The van der Waals surface area contributed by atoms with Gasteiger partial charge in [-0.25, -0.2) is 0 Å². The lowest BCUT2D eigenvalue weighted by molar-refractivity contribution is 0.329. The summed E-state index contributed by atoms with van der Waals surface area (Å²) in [5.74, 6) is 0. The first-order valence-corrected chi connectivity index (χ1v) is 7.27. The molecule has 0 fully saturated rings. The molecule has 2 N–H and O–H groups in total. The van der Waals surface area contributed by atoms with Crippen LogP contribution in [-0.4, -0.2) is 11.1 Å². The molecule has 0 spiro atoms. The van der Waals surface area contributed by atoms with E-state index in [1.807, 2.05) is 0 Å². The quantitative estimate of drug-likeness (QED) is 0.777. The first-order valence-electron chi connectivity index (χ1n) is 7.27. The molecule has 2 heteroatoms. The van der Waals surface area contributed by atoms with Gasteiger partial charge in [-0.15, -0.1) is 0 Å². The van der Waals surface area contributed by atoms with Crippen LogP contribution in [0.3, 0.4) is 0 Å². The van der Waals surface area contributed by atoms with Crippen LogP contribution in [0.5, 0.6) is 0 Å². The Bertz CT molecular complexity index is 537. The van der Waals surface area contributed by atoms with E-state index >= 15 is 0 Å². The molecule has 2 nitrogen and oxygen atoms in total. The van der Waals surface area contributed by atoms with Crippen molar-refractivity contribution in [3.8, 4) is 0 Å². The Morgan fingerprint density at radius 1 is 1.16 bits per heavy atom. The molecule has 0 aliphatic rings. The summed E-state index contributed by atoms with van der Waals surface area (Å²) in [4.78, 5) is 0. The molecule has 1 aromatic heterocycles. The average molecular weight is 258 g/mol. The van der Waals surface area contributed by atoms with Crippen molar-refractivity contribution in [3.63, 3.8) is 0 Å². The summed E-state index contributed by atoms with van der Waals surface area (Å²) in [6.07, 6.45) is 5.89. The van der Waals surface area contributed by atoms with Crippen LogP contribution in [0.25, 0.3) is 10.9 Å². The molecule has 0 saturated carbocycles. The molecule has 1 heterocycles. The van der Waals surface area contributed by atoms with Gasteiger partial charge in [0.25, 0.3) is 0 Å². The van der Waals surface area contributed by atoms with Crippen LogP contribution in [0.1, 0.15) is 38.7 Å². The molecular weight excluding hydrogens is 232 g/mol.